The van der Waals surface area contributed by atoms with E-state index in [9.17, 15) is 19.2 Å². The molecule has 1 aromatic carbocycles. The lowest BCUT2D eigenvalue weighted by molar-refractivity contribution is -0.150. The van der Waals surface area contributed by atoms with Gasteiger partial charge in [-0.2, -0.15) is 0 Å². The second-order valence-corrected chi connectivity index (χ2v) is 7.53. The predicted molar refractivity (Wildman–Crippen MR) is 111 cm³/mol. The van der Waals surface area contributed by atoms with Crippen molar-refractivity contribution < 1.29 is 23.9 Å². The van der Waals surface area contributed by atoms with Crippen LogP contribution >= 0.6 is 11.3 Å². The van der Waals surface area contributed by atoms with Crippen LogP contribution in [-0.2, 0) is 19.1 Å². The Labute approximate surface area is 172 Å². The van der Waals surface area contributed by atoms with Gasteiger partial charge in [0.05, 0.1) is 4.88 Å². The van der Waals surface area contributed by atoms with Crippen LogP contribution in [0.15, 0.2) is 41.8 Å². The van der Waals surface area contributed by atoms with Crippen molar-refractivity contribution in [1.29, 1.82) is 0 Å². The first-order valence-electron chi connectivity index (χ1n) is 8.94. The number of thiophene rings is 1. The molecular weight excluding hydrogens is 394 g/mol. The lowest BCUT2D eigenvalue weighted by Gasteiger charge is -2.20. The third kappa shape index (κ3) is 7.04. The first-order valence-corrected chi connectivity index (χ1v) is 9.82. The number of hydrogen-bond donors (Lipinski definition) is 3. The molecule has 1 atom stereocenters. The van der Waals surface area contributed by atoms with Crippen molar-refractivity contribution in [3.05, 3.63) is 46.7 Å². The van der Waals surface area contributed by atoms with Gasteiger partial charge in [0.1, 0.15) is 6.04 Å². The van der Waals surface area contributed by atoms with E-state index in [1.165, 1.54) is 18.3 Å². The second-order valence-electron chi connectivity index (χ2n) is 6.59. The van der Waals surface area contributed by atoms with Gasteiger partial charge in [0.2, 0.25) is 5.91 Å². The molecule has 1 heterocycles. The molecule has 0 saturated carbocycles. The van der Waals surface area contributed by atoms with Crippen molar-refractivity contribution in [3.8, 4) is 0 Å². The van der Waals surface area contributed by atoms with Crippen molar-refractivity contribution >= 4 is 46.4 Å². The number of esters is 1. The van der Waals surface area contributed by atoms with E-state index in [1.807, 2.05) is 0 Å². The van der Waals surface area contributed by atoms with Gasteiger partial charge in [0.25, 0.3) is 11.8 Å². The monoisotopic (exact) mass is 417 g/mol. The van der Waals surface area contributed by atoms with E-state index in [0.717, 1.165) is 0 Å². The van der Waals surface area contributed by atoms with E-state index in [0.29, 0.717) is 16.3 Å². The summed E-state index contributed by atoms with van der Waals surface area (Å²) in [4.78, 5) is 48.1. The molecule has 0 fully saturated rings. The van der Waals surface area contributed by atoms with Crippen LogP contribution in [0, 0.1) is 5.92 Å². The highest BCUT2D eigenvalue weighted by Gasteiger charge is 2.27. The Balaban J connectivity index is 1.86. The zero-order valence-electron chi connectivity index (χ0n) is 16.4. The molecule has 29 heavy (non-hydrogen) atoms. The summed E-state index contributed by atoms with van der Waals surface area (Å²) in [5, 5.41) is 9.63. The quantitative estimate of drug-likeness (QED) is 0.572. The number of benzene rings is 1. The predicted octanol–water partition coefficient (Wildman–Crippen LogP) is 2.64. The Morgan fingerprint density at radius 3 is 2.14 bits per heavy atom. The smallest absolute Gasteiger partial charge is 0.329 e. The molecule has 0 aliphatic carbocycles. The van der Waals surface area contributed by atoms with Crippen molar-refractivity contribution in [2.75, 3.05) is 17.2 Å². The minimum atomic E-state index is -0.866. The number of carbonyl (C=O) groups is 4. The summed E-state index contributed by atoms with van der Waals surface area (Å²) >= 11 is 1.27. The molecule has 9 heteroatoms. The molecule has 1 aromatic heterocycles. The van der Waals surface area contributed by atoms with Gasteiger partial charge in [0, 0.05) is 18.3 Å². The third-order valence-electron chi connectivity index (χ3n) is 3.79. The maximum absolute atomic E-state index is 12.3. The molecule has 0 saturated heterocycles. The van der Waals surface area contributed by atoms with E-state index >= 15 is 0 Å². The molecule has 2 rings (SSSR count). The van der Waals surface area contributed by atoms with E-state index in [4.69, 9.17) is 4.74 Å². The molecule has 0 spiro atoms. The van der Waals surface area contributed by atoms with Crippen molar-refractivity contribution in [1.82, 2.24) is 5.32 Å². The number of rotatable bonds is 8. The fraction of sp³-hybridized carbons (Fsp3) is 0.300. The molecular formula is C20H23N3O5S. The highest BCUT2D eigenvalue weighted by molar-refractivity contribution is 7.12. The maximum Gasteiger partial charge on any atom is 0.329 e. The average molecular weight is 417 g/mol. The topological polar surface area (TPSA) is 114 Å². The van der Waals surface area contributed by atoms with Crippen LogP contribution in [0.2, 0.25) is 0 Å². The number of ether oxygens (including phenoxy) is 1. The van der Waals surface area contributed by atoms with E-state index < -0.39 is 24.5 Å². The Hall–Kier alpha value is -3.20. The number of hydrogen-bond acceptors (Lipinski definition) is 6. The molecule has 0 bridgehead atoms. The van der Waals surface area contributed by atoms with E-state index in [2.05, 4.69) is 16.0 Å². The van der Waals surface area contributed by atoms with Crippen LogP contribution in [0.5, 0.6) is 0 Å². The van der Waals surface area contributed by atoms with Gasteiger partial charge < -0.3 is 20.7 Å². The standard InChI is InChI=1S/C20H23N3O5S/c1-12(2)18(23-19(26)16-5-4-10-29-16)20(27)28-11-17(25)22-15-8-6-14(7-9-15)21-13(3)24/h4-10,12,18H,11H2,1-3H3,(H,21,24)(H,22,25)(H,23,26)/t18-/m0/s1. The van der Waals surface area contributed by atoms with Crippen molar-refractivity contribution in [2.45, 2.75) is 26.8 Å². The number of carbonyl (C=O) groups excluding carboxylic acids is 4. The molecule has 8 nitrogen and oxygen atoms in total. The van der Waals surface area contributed by atoms with Crippen LogP contribution in [0.25, 0.3) is 0 Å². The number of anilines is 2. The lowest BCUT2D eigenvalue weighted by Crippen LogP contribution is -2.45. The van der Waals surface area contributed by atoms with Gasteiger partial charge in [-0.1, -0.05) is 19.9 Å². The summed E-state index contributed by atoms with van der Waals surface area (Å²) in [6, 6.07) is 9.04. The number of amides is 3. The summed E-state index contributed by atoms with van der Waals surface area (Å²) in [5.41, 5.74) is 1.09. The summed E-state index contributed by atoms with van der Waals surface area (Å²) in [5.74, 6) is -1.96. The van der Waals surface area contributed by atoms with Gasteiger partial charge in [-0.25, -0.2) is 4.79 Å². The van der Waals surface area contributed by atoms with Crippen molar-refractivity contribution in [2.24, 2.45) is 5.92 Å². The van der Waals surface area contributed by atoms with Gasteiger partial charge >= 0.3 is 5.97 Å². The maximum atomic E-state index is 12.3. The zero-order chi connectivity index (χ0) is 21.4. The summed E-state index contributed by atoms with van der Waals surface area (Å²) in [6.07, 6.45) is 0. The first kappa shape index (κ1) is 22.1. The second kappa shape index (κ2) is 10.4. The fourth-order valence-corrected chi connectivity index (χ4v) is 3.01. The van der Waals surface area contributed by atoms with Gasteiger partial charge in [-0.3, -0.25) is 14.4 Å². The van der Waals surface area contributed by atoms with E-state index in [-0.39, 0.29) is 17.7 Å². The molecule has 3 N–H and O–H groups in total. The SMILES string of the molecule is CC(=O)Nc1ccc(NC(=O)COC(=O)[C@@H](NC(=O)c2cccs2)C(C)C)cc1. The minimum Gasteiger partial charge on any atom is -0.454 e. The van der Waals surface area contributed by atoms with E-state index in [1.54, 1.807) is 55.6 Å². The Bertz CT molecular complexity index is 863. The highest BCUT2D eigenvalue weighted by Crippen LogP contribution is 2.14. The average Bonchev–Trinajstić information content (AvgIpc) is 3.20. The van der Waals surface area contributed by atoms with Crippen LogP contribution in [-0.4, -0.2) is 36.3 Å². The summed E-state index contributed by atoms with van der Waals surface area (Å²) in [6.45, 7) is 4.47. The van der Waals surface area contributed by atoms with Crippen LogP contribution in [0.3, 0.4) is 0 Å². The van der Waals surface area contributed by atoms with Crippen molar-refractivity contribution in [3.63, 3.8) is 0 Å². The van der Waals surface area contributed by atoms with Gasteiger partial charge in [-0.15, -0.1) is 11.3 Å². The minimum absolute atomic E-state index is 0.195. The molecule has 0 aliphatic heterocycles. The highest BCUT2D eigenvalue weighted by atomic mass is 32.1. The molecule has 3 amide bonds. The zero-order valence-corrected chi connectivity index (χ0v) is 17.2. The largest absolute Gasteiger partial charge is 0.454 e. The first-order chi connectivity index (χ1) is 13.8. The summed E-state index contributed by atoms with van der Waals surface area (Å²) in [7, 11) is 0. The normalized spacial score (nSPS) is 11.4. The fourth-order valence-electron chi connectivity index (χ4n) is 2.38. The Kier molecular flexibility index (Phi) is 7.90. The van der Waals surface area contributed by atoms with Gasteiger partial charge in [0.15, 0.2) is 6.61 Å². The molecule has 0 aliphatic rings. The molecule has 0 radical (unpaired) electrons. The van der Waals surface area contributed by atoms with Crippen LogP contribution < -0.4 is 16.0 Å². The third-order valence-corrected chi connectivity index (χ3v) is 4.66. The number of nitrogens with one attached hydrogen (secondary N) is 3. The molecule has 2 aromatic rings. The Morgan fingerprint density at radius 2 is 1.62 bits per heavy atom. The van der Waals surface area contributed by atoms with Crippen LogP contribution in [0.1, 0.15) is 30.4 Å². The summed E-state index contributed by atoms with van der Waals surface area (Å²) < 4.78 is 5.07. The van der Waals surface area contributed by atoms with Gasteiger partial charge in [-0.05, 0) is 41.6 Å². The Morgan fingerprint density at radius 1 is 1.00 bits per heavy atom. The molecule has 0 unspecified atom stereocenters. The molecule has 154 valence electrons. The lowest BCUT2D eigenvalue weighted by atomic mass is 10.0. The van der Waals surface area contributed by atoms with Crippen LogP contribution in [0.4, 0.5) is 11.4 Å².